The van der Waals surface area contributed by atoms with Crippen molar-refractivity contribution in [1.29, 1.82) is 5.41 Å². The average Bonchev–Trinajstić information content (AvgIpc) is 3.18. The first-order chi connectivity index (χ1) is 15.0. The van der Waals surface area contributed by atoms with E-state index in [-0.39, 0.29) is 11.6 Å². The van der Waals surface area contributed by atoms with Crippen molar-refractivity contribution >= 4 is 28.1 Å². The van der Waals surface area contributed by atoms with Crippen LogP contribution in [0.15, 0.2) is 67.0 Å². The molecular weight excluding hydrogens is 386 g/mol. The molecule has 0 saturated heterocycles. The molecule has 0 aliphatic heterocycles. The molecule has 2 heterocycles. The lowest BCUT2D eigenvalue weighted by molar-refractivity contribution is -0.118. The van der Waals surface area contributed by atoms with Crippen molar-refractivity contribution in [3.8, 4) is 0 Å². The number of carbonyl (C=O) groups is 1. The number of para-hydroxylation sites is 1. The van der Waals surface area contributed by atoms with Crippen molar-refractivity contribution in [3.63, 3.8) is 0 Å². The molecule has 1 unspecified atom stereocenters. The second kappa shape index (κ2) is 8.68. The summed E-state index contributed by atoms with van der Waals surface area (Å²) in [6.45, 7) is 0. The highest BCUT2D eigenvalue weighted by Gasteiger charge is 2.42. The van der Waals surface area contributed by atoms with Gasteiger partial charge in [-0.3, -0.25) is 10.2 Å². The molecule has 1 aromatic carbocycles. The van der Waals surface area contributed by atoms with Gasteiger partial charge >= 0.3 is 0 Å². The summed E-state index contributed by atoms with van der Waals surface area (Å²) >= 11 is 0. The average molecular weight is 414 g/mol. The number of aryl methyl sites for hydroxylation is 2. The largest absolute Gasteiger partial charge is 0.387 e. The lowest BCUT2D eigenvalue weighted by Crippen LogP contribution is -2.43. The number of nitrogens with one attached hydrogen (secondary N) is 1. The summed E-state index contributed by atoms with van der Waals surface area (Å²) in [5.41, 5.74) is 6.86. The van der Waals surface area contributed by atoms with Gasteiger partial charge in [0.05, 0.1) is 11.2 Å². The Morgan fingerprint density at radius 1 is 1.16 bits per heavy atom. The number of pyridine rings is 1. The molecule has 3 N–H and O–H groups in total. The van der Waals surface area contributed by atoms with Crippen LogP contribution in [0.5, 0.6) is 0 Å². The topological polar surface area (TPSA) is 97.7 Å². The Kier molecular flexibility index (Phi) is 5.80. The van der Waals surface area contributed by atoms with E-state index in [1.165, 1.54) is 0 Å². The minimum absolute atomic E-state index is 0.107. The van der Waals surface area contributed by atoms with Gasteiger partial charge in [0.15, 0.2) is 5.78 Å². The van der Waals surface area contributed by atoms with E-state index in [2.05, 4.69) is 9.97 Å². The van der Waals surface area contributed by atoms with Crippen LogP contribution in [0.4, 0.5) is 0 Å². The van der Waals surface area contributed by atoms with Gasteiger partial charge in [-0.05, 0) is 31.1 Å². The highest BCUT2D eigenvalue weighted by atomic mass is 16.1. The third-order valence-corrected chi connectivity index (χ3v) is 6.04. The normalized spacial score (nSPS) is 18.4. The Morgan fingerprint density at radius 3 is 2.77 bits per heavy atom. The summed E-state index contributed by atoms with van der Waals surface area (Å²) in [6, 6.07) is 11.7. The number of allylic oxidation sites excluding steroid dienone is 3. The zero-order chi connectivity index (χ0) is 21.8. The molecule has 0 radical (unpaired) electrons. The van der Waals surface area contributed by atoms with Crippen molar-refractivity contribution < 1.29 is 4.79 Å². The first-order valence-corrected chi connectivity index (χ1v) is 10.6. The number of fused-ring (bicyclic) bond motifs is 1. The summed E-state index contributed by atoms with van der Waals surface area (Å²) in [6.07, 6.45) is 13.3. The van der Waals surface area contributed by atoms with Crippen molar-refractivity contribution in [3.05, 3.63) is 78.5 Å². The number of benzene rings is 1. The molecule has 2 aromatic heterocycles. The van der Waals surface area contributed by atoms with Crippen LogP contribution in [-0.2, 0) is 18.3 Å². The number of Topliss-reactive ketones (excluding diaryl/α,β-unsaturated/α-hetero) is 1. The number of imidazole rings is 1. The molecule has 31 heavy (non-hydrogen) atoms. The number of nitrogens with zero attached hydrogens (tertiary/aromatic N) is 3. The predicted octanol–water partition coefficient (Wildman–Crippen LogP) is 4.22. The molecule has 0 bridgehead atoms. The maximum Gasteiger partial charge on any atom is 0.182 e. The van der Waals surface area contributed by atoms with Gasteiger partial charge in [-0.1, -0.05) is 49.3 Å². The summed E-state index contributed by atoms with van der Waals surface area (Å²) < 4.78 is 2.03. The number of nitrogens with two attached hydrogens (primary N) is 1. The van der Waals surface area contributed by atoms with E-state index >= 15 is 0 Å². The van der Waals surface area contributed by atoms with Crippen molar-refractivity contribution in [2.45, 2.75) is 32.1 Å². The van der Waals surface area contributed by atoms with Crippen molar-refractivity contribution in [2.75, 3.05) is 0 Å². The smallest absolute Gasteiger partial charge is 0.182 e. The standard InChI is InChI=1S/C25H27N5O/c1-30-17-16-28-22(30)11-3-2-6-14-25(24(26)27)15-7-9-19(23(25)31)21-13-12-18-8-4-5-10-20(18)29-21/h4-5,7-10,12-13,15-17H,2-3,6,11,14H2,1H3,(H3,26,27). The third-order valence-electron chi connectivity index (χ3n) is 6.04. The molecule has 1 atom stereocenters. The Balaban J connectivity index is 1.48. The van der Waals surface area contributed by atoms with Crippen molar-refractivity contribution in [2.24, 2.45) is 18.2 Å². The van der Waals surface area contributed by atoms with Crippen LogP contribution in [0, 0.1) is 10.8 Å². The van der Waals surface area contributed by atoms with E-state index in [0.29, 0.717) is 17.7 Å². The van der Waals surface area contributed by atoms with E-state index in [9.17, 15) is 4.79 Å². The Bertz CT molecular complexity index is 1190. The molecule has 0 spiro atoms. The highest BCUT2D eigenvalue weighted by Crippen LogP contribution is 2.37. The molecule has 6 heteroatoms. The number of hydrogen-bond acceptors (Lipinski definition) is 4. The third kappa shape index (κ3) is 4.06. The Hall–Kier alpha value is -3.54. The molecule has 4 rings (SSSR count). The molecule has 0 fully saturated rings. The summed E-state index contributed by atoms with van der Waals surface area (Å²) in [4.78, 5) is 22.6. The zero-order valence-corrected chi connectivity index (χ0v) is 17.7. The second-order valence-corrected chi connectivity index (χ2v) is 8.06. The summed E-state index contributed by atoms with van der Waals surface area (Å²) in [7, 11) is 1.99. The summed E-state index contributed by atoms with van der Waals surface area (Å²) in [5, 5.41) is 9.24. The maximum absolute atomic E-state index is 13.5. The van der Waals surface area contributed by atoms with E-state index < -0.39 is 5.41 Å². The lowest BCUT2D eigenvalue weighted by atomic mass is 9.72. The monoisotopic (exact) mass is 413 g/mol. The minimum atomic E-state index is -1.10. The predicted molar refractivity (Wildman–Crippen MR) is 124 cm³/mol. The molecule has 3 aromatic rings. The van der Waals surface area contributed by atoms with Gasteiger partial charge in [0.1, 0.15) is 17.1 Å². The van der Waals surface area contributed by atoms with Crippen LogP contribution in [0.25, 0.3) is 16.5 Å². The van der Waals surface area contributed by atoms with Crippen LogP contribution >= 0.6 is 0 Å². The molecule has 6 nitrogen and oxygen atoms in total. The molecule has 1 aliphatic rings. The molecule has 0 amide bonds. The Morgan fingerprint density at radius 2 is 2.00 bits per heavy atom. The number of unbranched alkanes of at least 4 members (excludes halogenated alkanes) is 2. The fourth-order valence-electron chi connectivity index (χ4n) is 4.16. The van der Waals surface area contributed by atoms with Gasteiger partial charge in [0, 0.05) is 36.8 Å². The molecular formula is C25H27N5O. The van der Waals surface area contributed by atoms with Crippen LogP contribution in [-0.4, -0.2) is 26.2 Å². The molecule has 1 aliphatic carbocycles. The first kappa shape index (κ1) is 20.7. The summed E-state index contributed by atoms with van der Waals surface area (Å²) in [5.74, 6) is 0.807. The number of rotatable bonds is 8. The number of hydrogen-bond donors (Lipinski definition) is 2. The fourth-order valence-corrected chi connectivity index (χ4v) is 4.16. The van der Waals surface area contributed by atoms with Crippen LogP contribution in [0.1, 0.15) is 37.2 Å². The first-order valence-electron chi connectivity index (χ1n) is 10.6. The number of aromatic nitrogens is 3. The van der Waals surface area contributed by atoms with E-state index in [1.807, 2.05) is 60.3 Å². The zero-order valence-electron chi connectivity index (χ0n) is 17.7. The van der Waals surface area contributed by atoms with E-state index in [1.54, 1.807) is 18.3 Å². The van der Waals surface area contributed by atoms with Gasteiger partial charge in [-0.25, -0.2) is 9.97 Å². The molecule has 0 saturated carbocycles. The van der Waals surface area contributed by atoms with E-state index in [0.717, 1.165) is 42.4 Å². The van der Waals surface area contributed by atoms with Crippen LogP contribution in [0.2, 0.25) is 0 Å². The van der Waals surface area contributed by atoms with Gasteiger partial charge < -0.3 is 10.3 Å². The SMILES string of the molecule is Cn1ccnc1CCCCCC1(C(=N)N)C=CC=C(c2ccc3ccccc3n2)C1=O. The van der Waals surface area contributed by atoms with Crippen LogP contribution in [0.3, 0.4) is 0 Å². The number of ketones is 1. The number of carbonyl (C=O) groups excluding carboxylic acids is 1. The fraction of sp³-hybridized carbons (Fsp3) is 0.280. The molecule has 158 valence electrons. The highest BCUT2D eigenvalue weighted by molar-refractivity contribution is 6.31. The van der Waals surface area contributed by atoms with Gasteiger partial charge in [0.25, 0.3) is 0 Å². The van der Waals surface area contributed by atoms with E-state index in [4.69, 9.17) is 11.1 Å². The second-order valence-electron chi connectivity index (χ2n) is 8.06. The Labute approximate surface area is 182 Å². The van der Waals surface area contributed by atoms with Gasteiger partial charge in [-0.15, -0.1) is 0 Å². The van der Waals surface area contributed by atoms with Crippen molar-refractivity contribution in [1.82, 2.24) is 14.5 Å². The van der Waals surface area contributed by atoms with Gasteiger partial charge in [-0.2, -0.15) is 0 Å². The maximum atomic E-state index is 13.5. The van der Waals surface area contributed by atoms with Gasteiger partial charge in [0.2, 0.25) is 0 Å². The van der Waals surface area contributed by atoms with Crippen LogP contribution < -0.4 is 5.73 Å². The lowest BCUT2D eigenvalue weighted by Gasteiger charge is -2.31. The minimum Gasteiger partial charge on any atom is -0.387 e. The number of amidine groups is 1. The quantitative estimate of drug-likeness (QED) is 0.328.